The fourth-order valence-corrected chi connectivity index (χ4v) is 4.52. The van der Waals surface area contributed by atoms with E-state index in [1.165, 1.54) is 10.5 Å². The fourth-order valence-electron chi connectivity index (χ4n) is 4.52. The molecule has 0 radical (unpaired) electrons. The summed E-state index contributed by atoms with van der Waals surface area (Å²) in [5.41, 5.74) is 2.59. The van der Waals surface area contributed by atoms with Crippen LogP contribution in [0, 0.1) is 12.3 Å². The first-order valence-electron chi connectivity index (χ1n) is 10.2. The van der Waals surface area contributed by atoms with Crippen LogP contribution in [0.4, 0.5) is 0 Å². The average molecular weight is 381 g/mol. The SMILES string of the molecule is Cc1c(C(=O)N2CC[NH+](Cc3ccccc3)CC2)oc2c1C(=O)CC(C)(C)C2. The predicted octanol–water partition coefficient (Wildman–Crippen LogP) is 2.28. The van der Waals surface area contributed by atoms with Gasteiger partial charge < -0.3 is 14.2 Å². The van der Waals surface area contributed by atoms with Gasteiger partial charge in [-0.15, -0.1) is 0 Å². The van der Waals surface area contributed by atoms with Crippen LogP contribution in [0.1, 0.15) is 58.1 Å². The largest absolute Gasteiger partial charge is 0.455 e. The summed E-state index contributed by atoms with van der Waals surface area (Å²) in [6.07, 6.45) is 1.21. The maximum atomic E-state index is 13.1. The van der Waals surface area contributed by atoms with E-state index < -0.39 is 0 Å². The molecule has 0 unspecified atom stereocenters. The van der Waals surface area contributed by atoms with Gasteiger partial charge in [-0.2, -0.15) is 0 Å². The number of piperazine rings is 1. The van der Waals surface area contributed by atoms with Crippen molar-refractivity contribution in [2.75, 3.05) is 26.2 Å². The third kappa shape index (κ3) is 3.63. The molecule has 148 valence electrons. The second kappa shape index (κ2) is 7.21. The fraction of sp³-hybridized carbons (Fsp3) is 0.478. The molecule has 1 amide bonds. The standard InChI is InChI=1S/C23H28N2O3/c1-16-20-18(26)13-23(2,3)14-19(20)28-21(16)22(27)25-11-9-24(10-12-25)15-17-7-5-4-6-8-17/h4-8H,9-15H2,1-3H3/p+1. The molecule has 5 heteroatoms. The van der Waals surface area contributed by atoms with Crippen LogP contribution in [0.15, 0.2) is 34.7 Å². The Balaban J connectivity index is 1.44. The molecule has 1 aromatic carbocycles. The monoisotopic (exact) mass is 381 g/mol. The number of quaternary nitrogens is 1. The lowest BCUT2D eigenvalue weighted by Gasteiger charge is -2.32. The number of benzene rings is 1. The molecule has 4 rings (SSSR count). The Kier molecular flexibility index (Phi) is 4.88. The summed E-state index contributed by atoms with van der Waals surface area (Å²) >= 11 is 0. The van der Waals surface area contributed by atoms with E-state index in [1.54, 1.807) is 0 Å². The van der Waals surface area contributed by atoms with Crippen molar-refractivity contribution in [1.29, 1.82) is 0 Å². The summed E-state index contributed by atoms with van der Waals surface area (Å²) in [7, 11) is 0. The molecule has 1 N–H and O–H groups in total. The van der Waals surface area contributed by atoms with Crippen LogP contribution < -0.4 is 4.90 Å². The molecule has 2 aromatic rings. The molecule has 1 aliphatic carbocycles. The van der Waals surface area contributed by atoms with Crippen molar-refractivity contribution >= 4 is 11.7 Å². The lowest BCUT2D eigenvalue weighted by atomic mass is 9.76. The minimum Gasteiger partial charge on any atom is -0.455 e. The number of nitrogens with zero attached hydrogens (tertiary/aromatic N) is 1. The summed E-state index contributed by atoms with van der Waals surface area (Å²) in [5, 5.41) is 0. The first-order chi connectivity index (χ1) is 13.3. The molecule has 0 saturated carbocycles. The number of furan rings is 1. The van der Waals surface area contributed by atoms with E-state index in [4.69, 9.17) is 4.42 Å². The number of nitrogens with one attached hydrogen (secondary N) is 1. The van der Waals surface area contributed by atoms with Crippen LogP contribution >= 0.6 is 0 Å². The van der Waals surface area contributed by atoms with Gasteiger partial charge in [-0.05, 0) is 12.3 Å². The van der Waals surface area contributed by atoms with Crippen molar-refractivity contribution < 1.29 is 18.9 Å². The summed E-state index contributed by atoms with van der Waals surface area (Å²) < 4.78 is 5.96. The van der Waals surface area contributed by atoms with Gasteiger partial charge in [0.05, 0.1) is 31.7 Å². The van der Waals surface area contributed by atoms with E-state index in [1.807, 2.05) is 17.9 Å². The van der Waals surface area contributed by atoms with Crippen molar-refractivity contribution in [3.63, 3.8) is 0 Å². The average Bonchev–Trinajstić information content (AvgIpc) is 2.98. The van der Waals surface area contributed by atoms with Gasteiger partial charge in [0, 0.05) is 24.0 Å². The molecule has 2 heterocycles. The number of ketones is 1. The highest BCUT2D eigenvalue weighted by Gasteiger charge is 2.38. The third-order valence-corrected chi connectivity index (χ3v) is 6.03. The number of hydrogen-bond donors (Lipinski definition) is 1. The van der Waals surface area contributed by atoms with Crippen molar-refractivity contribution in [3.05, 3.63) is 58.5 Å². The molecule has 5 nitrogen and oxygen atoms in total. The van der Waals surface area contributed by atoms with Crippen LogP contribution in [-0.4, -0.2) is 42.8 Å². The zero-order valence-corrected chi connectivity index (χ0v) is 17.0. The van der Waals surface area contributed by atoms with Gasteiger partial charge in [0.2, 0.25) is 0 Å². The zero-order valence-electron chi connectivity index (χ0n) is 17.0. The van der Waals surface area contributed by atoms with Gasteiger partial charge in [-0.25, -0.2) is 0 Å². The zero-order chi connectivity index (χ0) is 19.9. The number of hydrogen-bond acceptors (Lipinski definition) is 3. The molecular formula is C23H29N2O3+. The topological polar surface area (TPSA) is 55.0 Å². The Labute approximate surface area is 166 Å². The van der Waals surface area contributed by atoms with Crippen LogP contribution in [-0.2, 0) is 13.0 Å². The number of Topliss-reactive ketones (excluding diaryl/α,β-unsaturated/α-hetero) is 1. The number of rotatable bonds is 3. The first-order valence-corrected chi connectivity index (χ1v) is 10.2. The van der Waals surface area contributed by atoms with Crippen molar-refractivity contribution in [2.45, 2.75) is 40.2 Å². The van der Waals surface area contributed by atoms with E-state index in [0.29, 0.717) is 43.0 Å². The predicted molar refractivity (Wildman–Crippen MR) is 107 cm³/mol. The molecule has 0 spiro atoms. The number of carbonyl (C=O) groups excluding carboxylic acids is 2. The molecule has 1 fully saturated rings. The number of fused-ring (bicyclic) bond motifs is 1. The summed E-state index contributed by atoms with van der Waals surface area (Å²) in [6, 6.07) is 10.5. The van der Waals surface area contributed by atoms with Gasteiger partial charge in [-0.1, -0.05) is 44.2 Å². The van der Waals surface area contributed by atoms with E-state index >= 15 is 0 Å². The molecule has 0 atom stereocenters. The molecule has 1 aliphatic heterocycles. The maximum absolute atomic E-state index is 13.1. The highest BCUT2D eigenvalue weighted by molar-refractivity contribution is 6.03. The first kappa shape index (κ1) is 18.9. The lowest BCUT2D eigenvalue weighted by Crippen LogP contribution is -3.13. The molecular weight excluding hydrogens is 352 g/mol. The van der Waals surface area contributed by atoms with Crippen molar-refractivity contribution in [2.24, 2.45) is 5.41 Å². The quantitative estimate of drug-likeness (QED) is 0.888. The van der Waals surface area contributed by atoms with Gasteiger partial charge in [0.1, 0.15) is 12.3 Å². The molecule has 0 bridgehead atoms. The number of carbonyl (C=O) groups is 2. The summed E-state index contributed by atoms with van der Waals surface area (Å²) in [6.45, 7) is 10.3. The summed E-state index contributed by atoms with van der Waals surface area (Å²) in [5.74, 6) is 1.08. The van der Waals surface area contributed by atoms with E-state index in [2.05, 4.69) is 38.1 Å². The van der Waals surface area contributed by atoms with E-state index in [0.717, 1.165) is 25.2 Å². The minimum atomic E-state index is -0.110. The highest BCUT2D eigenvalue weighted by atomic mass is 16.4. The van der Waals surface area contributed by atoms with Crippen LogP contribution in [0.5, 0.6) is 0 Å². The van der Waals surface area contributed by atoms with E-state index in [9.17, 15) is 9.59 Å². The normalized spacial score (nSPS) is 19.5. The lowest BCUT2D eigenvalue weighted by molar-refractivity contribution is -0.917. The van der Waals surface area contributed by atoms with Gasteiger partial charge in [0.25, 0.3) is 5.91 Å². The molecule has 1 aromatic heterocycles. The van der Waals surface area contributed by atoms with E-state index in [-0.39, 0.29) is 17.1 Å². The van der Waals surface area contributed by atoms with Crippen LogP contribution in [0.25, 0.3) is 0 Å². The molecule has 28 heavy (non-hydrogen) atoms. The second-order valence-corrected chi connectivity index (χ2v) is 9.00. The Hall–Kier alpha value is -2.40. The minimum absolute atomic E-state index is 0.0729. The van der Waals surface area contributed by atoms with Gasteiger partial charge in [-0.3, -0.25) is 9.59 Å². The molecule has 2 aliphatic rings. The Morgan fingerprint density at radius 2 is 1.82 bits per heavy atom. The van der Waals surface area contributed by atoms with Crippen molar-refractivity contribution in [3.8, 4) is 0 Å². The second-order valence-electron chi connectivity index (χ2n) is 9.00. The van der Waals surface area contributed by atoms with Crippen molar-refractivity contribution in [1.82, 2.24) is 4.90 Å². The molecule has 1 saturated heterocycles. The Morgan fingerprint density at radius 1 is 1.14 bits per heavy atom. The number of amides is 1. The van der Waals surface area contributed by atoms with Crippen LogP contribution in [0.2, 0.25) is 0 Å². The highest BCUT2D eigenvalue weighted by Crippen LogP contribution is 2.38. The van der Waals surface area contributed by atoms with Crippen LogP contribution in [0.3, 0.4) is 0 Å². The third-order valence-electron chi connectivity index (χ3n) is 6.03. The Morgan fingerprint density at radius 3 is 2.50 bits per heavy atom. The summed E-state index contributed by atoms with van der Waals surface area (Å²) in [4.78, 5) is 29.0. The Bertz CT molecular complexity index is 890. The maximum Gasteiger partial charge on any atom is 0.290 e. The smallest absolute Gasteiger partial charge is 0.290 e. The van der Waals surface area contributed by atoms with Gasteiger partial charge >= 0.3 is 0 Å². The van der Waals surface area contributed by atoms with Gasteiger partial charge in [0.15, 0.2) is 11.5 Å².